The number of nitrogens with zero attached hydrogens (tertiary/aromatic N) is 3. The van der Waals surface area contributed by atoms with Gasteiger partial charge in [-0.2, -0.15) is 13.2 Å². The number of rotatable bonds is 4. The number of hydrogen-bond donors (Lipinski definition) is 1. The maximum Gasteiger partial charge on any atom is 0.416 e. The third kappa shape index (κ3) is 3.58. The number of aromatic nitrogens is 3. The minimum atomic E-state index is -4.39. The average molecular weight is 338 g/mol. The third-order valence-electron chi connectivity index (χ3n) is 4.31. The lowest BCUT2D eigenvalue weighted by molar-refractivity contribution is -0.138. The number of alkyl halides is 3. The van der Waals surface area contributed by atoms with E-state index in [1.165, 1.54) is 23.0 Å². The summed E-state index contributed by atoms with van der Waals surface area (Å²) in [7, 11) is 0. The highest BCUT2D eigenvalue weighted by atomic mass is 19.4. The van der Waals surface area contributed by atoms with Crippen molar-refractivity contribution < 1.29 is 18.0 Å². The van der Waals surface area contributed by atoms with Gasteiger partial charge in [-0.15, -0.1) is 5.10 Å². The van der Waals surface area contributed by atoms with Crippen LogP contribution in [-0.2, 0) is 17.5 Å². The standard InChI is InChI=1S/C16H17F3N4O/c17-16(18,19)13-6-2-1-4-11(13)12-5-3-7-14(12)21-15(24)10-23-9-8-20-22-23/h1-2,4,6,8-9,12,14H,3,5,7,10H2,(H,21,24)/t12-,14-/m1/s1. The second kappa shape index (κ2) is 6.62. The average Bonchev–Trinajstić information content (AvgIpc) is 3.18. The highest BCUT2D eigenvalue weighted by Gasteiger charge is 2.38. The zero-order valence-electron chi connectivity index (χ0n) is 12.8. The number of nitrogens with one attached hydrogen (secondary N) is 1. The zero-order chi connectivity index (χ0) is 17.2. The Labute approximate surface area is 136 Å². The molecule has 2 atom stereocenters. The molecule has 8 heteroatoms. The smallest absolute Gasteiger partial charge is 0.351 e. The van der Waals surface area contributed by atoms with Gasteiger partial charge in [0, 0.05) is 18.2 Å². The SMILES string of the molecule is O=C(Cn1ccnn1)N[C@@H]1CCC[C@@H]1c1ccccc1C(F)(F)F. The van der Waals surface area contributed by atoms with Gasteiger partial charge in [0.25, 0.3) is 0 Å². The molecular weight excluding hydrogens is 321 g/mol. The number of carbonyl (C=O) groups excluding carboxylic acids is 1. The van der Waals surface area contributed by atoms with Gasteiger partial charge in [-0.25, -0.2) is 4.68 Å². The van der Waals surface area contributed by atoms with Crippen molar-refractivity contribution in [1.29, 1.82) is 0 Å². The molecular formula is C16H17F3N4O. The lowest BCUT2D eigenvalue weighted by Crippen LogP contribution is -2.39. The molecule has 5 nitrogen and oxygen atoms in total. The molecule has 0 radical (unpaired) electrons. The Morgan fingerprint density at radius 2 is 2.08 bits per heavy atom. The van der Waals surface area contributed by atoms with Crippen LogP contribution in [0.25, 0.3) is 0 Å². The fraction of sp³-hybridized carbons (Fsp3) is 0.438. The Kier molecular flexibility index (Phi) is 4.55. The normalized spacial score (nSPS) is 21.0. The van der Waals surface area contributed by atoms with Crippen molar-refractivity contribution in [2.45, 2.75) is 43.9 Å². The van der Waals surface area contributed by atoms with E-state index in [1.807, 2.05) is 0 Å². The molecule has 1 N–H and O–H groups in total. The van der Waals surface area contributed by atoms with Crippen molar-refractivity contribution >= 4 is 5.91 Å². The molecule has 0 spiro atoms. The van der Waals surface area contributed by atoms with Gasteiger partial charge in [-0.05, 0) is 24.5 Å². The molecule has 0 bridgehead atoms. The number of benzene rings is 1. The van der Waals surface area contributed by atoms with Gasteiger partial charge in [0.1, 0.15) is 6.54 Å². The molecule has 128 valence electrons. The first kappa shape index (κ1) is 16.5. The third-order valence-corrected chi connectivity index (χ3v) is 4.31. The summed E-state index contributed by atoms with van der Waals surface area (Å²) in [6.07, 6.45) is 0.705. The van der Waals surface area contributed by atoms with Gasteiger partial charge in [0.2, 0.25) is 5.91 Å². The van der Waals surface area contributed by atoms with Crippen LogP contribution in [0.3, 0.4) is 0 Å². The van der Waals surface area contributed by atoms with Crippen LogP contribution in [0.2, 0.25) is 0 Å². The summed E-state index contributed by atoms with van der Waals surface area (Å²) < 4.78 is 41.1. The summed E-state index contributed by atoms with van der Waals surface area (Å²) >= 11 is 0. The van der Waals surface area contributed by atoms with Gasteiger partial charge in [-0.1, -0.05) is 29.8 Å². The van der Waals surface area contributed by atoms with Crippen molar-refractivity contribution in [1.82, 2.24) is 20.3 Å². The maximum absolute atomic E-state index is 13.2. The molecule has 1 aliphatic rings. The predicted octanol–water partition coefficient (Wildman–Crippen LogP) is 2.75. The Bertz CT molecular complexity index is 700. The quantitative estimate of drug-likeness (QED) is 0.932. The van der Waals surface area contributed by atoms with Gasteiger partial charge in [0.15, 0.2) is 0 Å². The largest absolute Gasteiger partial charge is 0.416 e. The first-order valence-electron chi connectivity index (χ1n) is 7.75. The number of halogens is 3. The maximum atomic E-state index is 13.2. The summed E-state index contributed by atoms with van der Waals surface area (Å²) in [6, 6.07) is 5.30. The van der Waals surface area contributed by atoms with E-state index in [2.05, 4.69) is 15.6 Å². The van der Waals surface area contributed by atoms with Gasteiger partial charge < -0.3 is 5.32 Å². The molecule has 0 saturated heterocycles. The van der Waals surface area contributed by atoms with E-state index >= 15 is 0 Å². The molecule has 1 aliphatic carbocycles. The molecule has 3 rings (SSSR count). The first-order valence-corrected chi connectivity index (χ1v) is 7.75. The molecule has 0 aliphatic heterocycles. The van der Waals surface area contributed by atoms with E-state index in [1.54, 1.807) is 12.3 Å². The lowest BCUT2D eigenvalue weighted by Gasteiger charge is -2.24. The van der Waals surface area contributed by atoms with Gasteiger partial charge in [0.05, 0.1) is 11.8 Å². The molecule has 1 heterocycles. The summed E-state index contributed by atoms with van der Waals surface area (Å²) in [6.45, 7) is 0.00410. The number of hydrogen-bond acceptors (Lipinski definition) is 3. The second-order valence-electron chi connectivity index (χ2n) is 5.90. The van der Waals surface area contributed by atoms with Crippen molar-refractivity contribution in [3.63, 3.8) is 0 Å². The first-order chi connectivity index (χ1) is 11.4. The van der Waals surface area contributed by atoms with E-state index in [9.17, 15) is 18.0 Å². The molecule has 1 aromatic heterocycles. The van der Waals surface area contributed by atoms with Crippen molar-refractivity contribution in [3.05, 3.63) is 47.8 Å². The molecule has 1 saturated carbocycles. The Balaban J connectivity index is 1.75. The predicted molar refractivity (Wildman–Crippen MR) is 80.0 cm³/mol. The van der Waals surface area contributed by atoms with Crippen molar-refractivity contribution in [3.8, 4) is 0 Å². The van der Waals surface area contributed by atoms with Crippen LogP contribution in [-0.4, -0.2) is 26.9 Å². The van der Waals surface area contributed by atoms with E-state index in [4.69, 9.17) is 0 Å². The van der Waals surface area contributed by atoms with Crippen LogP contribution in [0, 0.1) is 0 Å². The van der Waals surface area contributed by atoms with E-state index in [-0.39, 0.29) is 30.0 Å². The van der Waals surface area contributed by atoms with Crippen molar-refractivity contribution in [2.75, 3.05) is 0 Å². The molecule has 24 heavy (non-hydrogen) atoms. The Morgan fingerprint density at radius 3 is 2.79 bits per heavy atom. The minimum Gasteiger partial charge on any atom is -0.351 e. The van der Waals surface area contributed by atoms with E-state index in [0.29, 0.717) is 12.8 Å². The van der Waals surface area contributed by atoms with Crippen LogP contribution in [0.5, 0.6) is 0 Å². The van der Waals surface area contributed by atoms with Crippen LogP contribution in [0.15, 0.2) is 36.7 Å². The van der Waals surface area contributed by atoms with Crippen LogP contribution in [0.4, 0.5) is 13.2 Å². The number of carbonyl (C=O) groups is 1. The van der Waals surface area contributed by atoms with Crippen LogP contribution < -0.4 is 5.32 Å². The van der Waals surface area contributed by atoms with Gasteiger partial charge >= 0.3 is 6.18 Å². The molecule has 1 amide bonds. The fourth-order valence-electron chi connectivity index (χ4n) is 3.30. The van der Waals surface area contributed by atoms with Crippen molar-refractivity contribution in [2.24, 2.45) is 0 Å². The number of amides is 1. The minimum absolute atomic E-state index is 0.00410. The highest BCUT2D eigenvalue weighted by Crippen LogP contribution is 2.41. The van der Waals surface area contributed by atoms with Gasteiger partial charge in [-0.3, -0.25) is 4.79 Å². The molecule has 0 unspecified atom stereocenters. The topological polar surface area (TPSA) is 59.8 Å². The van der Waals surface area contributed by atoms with Crippen LogP contribution >= 0.6 is 0 Å². The van der Waals surface area contributed by atoms with Crippen LogP contribution in [0.1, 0.15) is 36.3 Å². The zero-order valence-corrected chi connectivity index (χ0v) is 12.8. The van der Waals surface area contributed by atoms with E-state index < -0.39 is 11.7 Å². The molecule has 2 aromatic rings. The second-order valence-corrected chi connectivity index (χ2v) is 5.90. The summed E-state index contributed by atoms with van der Waals surface area (Å²) in [5.74, 6) is -0.607. The Morgan fingerprint density at radius 1 is 1.29 bits per heavy atom. The molecule has 1 fully saturated rings. The summed E-state index contributed by atoms with van der Waals surface area (Å²) in [4.78, 5) is 12.1. The molecule has 1 aromatic carbocycles. The monoisotopic (exact) mass is 338 g/mol. The van der Waals surface area contributed by atoms with E-state index in [0.717, 1.165) is 12.5 Å². The lowest BCUT2D eigenvalue weighted by atomic mass is 9.89. The highest BCUT2D eigenvalue weighted by molar-refractivity contribution is 5.76. The summed E-state index contributed by atoms with van der Waals surface area (Å²) in [5.41, 5.74) is -0.360. The fourth-order valence-corrected chi connectivity index (χ4v) is 3.30. The summed E-state index contributed by atoms with van der Waals surface area (Å²) in [5, 5.41) is 10.2. The Hall–Kier alpha value is -2.38.